The molecule has 2 amide bonds. The summed E-state index contributed by atoms with van der Waals surface area (Å²) < 4.78 is 14.9. The molecule has 57 heavy (non-hydrogen) atoms. The second-order valence-electron chi connectivity index (χ2n) is 15.2. The van der Waals surface area contributed by atoms with E-state index in [1.54, 1.807) is 20.9 Å². The van der Waals surface area contributed by atoms with Crippen molar-refractivity contribution in [2.75, 3.05) is 58.9 Å². The fourth-order valence-corrected chi connectivity index (χ4v) is 9.93. The molecular weight excluding hydrogens is 728 g/mol. The van der Waals surface area contributed by atoms with Gasteiger partial charge < -0.3 is 30.7 Å². The quantitative estimate of drug-likeness (QED) is 0.0409. The molecule has 0 saturated heterocycles. The topological polar surface area (TPSA) is 115 Å². The fourth-order valence-electron chi connectivity index (χ4n) is 7.62. The van der Waals surface area contributed by atoms with Gasteiger partial charge in [0.15, 0.2) is 0 Å². The number of rotatable bonds is 16. The highest BCUT2D eigenvalue weighted by Gasteiger charge is 2.37. The van der Waals surface area contributed by atoms with Crippen molar-refractivity contribution in [2.24, 2.45) is 4.99 Å². The number of anilines is 1. The molecule has 2 aliphatic rings. The first-order valence-corrected chi connectivity index (χ1v) is 21.8. The molecule has 0 aromatic heterocycles. The Hall–Kier alpha value is -5.34. The van der Waals surface area contributed by atoms with Gasteiger partial charge in [-0.25, -0.2) is 0 Å². The van der Waals surface area contributed by atoms with E-state index in [9.17, 15) is 14.2 Å². The Bertz CT molecular complexity index is 2450. The third-order valence-corrected chi connectivity index (χ3v) is 13.3. The van der Waals surface area contributed by atoms with E-state index in [4.69, 9.17) is 0 Å². The SMILES string of the molecule is C=C(C)C(=O)NCCCNCc1c2ccccc2c(CNCCCNC(=O)C(=C)C)c2cc(C3=C4C=C/C(=N\C)C=C4P(C)(=O)c4cc(N(C)C)ccc43)ccc12. The summed E-state index contributed by atoms with van der Waals surface area (Å²) >= 11 is 0. The highest BCUT2D eigenvalue weighted by atomic mass is 31.2. The van der Waals surface area contributed by atoms with Crippen LogP contribution < -0.4 is 31.5 Å². The average Bonchev–Trinajstić information content (AvgIpc) is 3.20. The van der Waals surface area contributed by atoms with E-state index in [0.717, 1.165) is 81.0 Å². The molecule has 9 nitrogen and oxygen atoms in total. The van der Waals surface area contributed by atoms with Crippen LogP contribution in [-0.2, 0) is 27.2 Å². The Morgan fingerprint density at radius 2 is 1.33 bits per heavy atom. The van der Waals surface area contributed by atoms with Crippen LogP contribution in [0.5, 0.6) is 0 Å². The van der Waals surface area contributed by atoms with E-state index in [1.807, 2.05) is 32.9 Å². The van der Waals surface area contributed by atoms with Crippen molar-refractivity contribution in [2.45, 2.75) is 39.8 Å². The van der Waals surface area contributed by atoms with Crippen LogP contribution in [0.1, 0.15) is 48.9 Å². The molecule has 4 N–H and O–H groups in total. The maximum absolute atomic E-state index is 14.9. The predicted molar refractivity (Wildman–Crippen MR) is 240 cm³/mol. The minimum Gasteiger partial charge on any atom is -0.378 e. The lowest BCUT2D eigenvalue weighted by Crippen LogP contribution is -2.27. The van der Waals surface area contributed by atoms with Gasteiger partial charge in [-0.15, -0.1) is 0 Å². The number of amides is 2. The van der Waals surface area contributed by atoms with Gasteiger partial charge in [0.25, 0.3) is 0 Å². The molecule has 0 bridgehead atoms. The van der Waals surface area contributed by atoms with E-state index in [0.29, 0.717) is 37.3 Å². The molecule has 0 spiro atoms. The van der Waals surface area contributed by atoms with Gasteiger partial charge >= 0.3 is 0 Å². The molecule has 1 heterocycles. The number of nitrogens with one attached hydrogen (secondary N) is 4. The molecule has 0 saturated carbocycles. The van der Waals surface area contributed by atoms with Gasteiger partial charge in [-0.1, -0.05) is 61.7 Å². The predicted octanol–water partition coefficient (Wildman–Crippen LogP) is 7.36. The third kappa shape index (κ3) is 8.81. The first-order valence-electron chi connectivity index (χ1n) is 19.6. The van der Waals surface area contributed by atoms with Crippen LogP contribution in [0.3, 0.4) is 0 Å². The van der Waals surface area contributed by atoms with Gasteiger partial charge in [-0.05, 0) is 132 Å². The minimum atomic E-state index is -2.98. The van der Waals surface area contributed by atoms with Crippen molar-refractivity contribution in [1.29, 1.82) is 0 Å². The first-order chi connectivity index (χ1) is 27.3. The van der Waals surface area contributed by atoms with Crippen molar-refractivity contribution < 1.29 is 14.2 Å². The van der Waals surface area contributed by atoms with Crippen molar-refractivity contribution in [3.63, 3.8) is 0 Å². The van der Waals surface area contributed by atoms with Crippen LogP contribution >= 0.6 is 7.14 Å². The molecular formula is C47H55N6O3P. The van der Waals surface area contributed by atoms with Gasteiger partial charge in [0.2, 0.25) is 11.8 Å². The van der Waals surface area contributed by atoms with Crippen molar-refractivity contribution in [3.8, 4) is 0 Å². The largest absolute Gasteiger partial charge is 0.378 e. The zero-order chi connectivity index (χ0) is 40.9. The molecule has 0 radical (unpaired) electrons. The summed E-state index contributed by atoms with van der Waals surface area (Å²) in [4.78, 5) is 30.6. The van der Waals surface area contributed by atoms with Crippen molar-refractivity contribution >= 4 is 62.8 Å². The fraction of sp³-hybridized carbons (Fsp3) is 0.298. The Morgan fingerprint density at radius 3 is 1.89 bits per heavy atom. The number of aliphatic imine (C=N–C) groups is 1. The van der Waals surface area contributed by atoms with Crippen LogP contribution in [0.25, 0.3) is 27.1 Å². The molecule has 0 fully saturated rings. The number of fused-ring (bicyclic) bond motifs is 4. The second kappa shape index (κ2) is 17.9. The summed E-state index contributed by atoms with van der Waals surface area (Å²) in [7, 11) is 2.80. The highest BCUT2D eigenvalue weighted by Crippen LogP contribution is 2.60. The summed E-state index contributed by atoms with van der Waals surface area (Å²) in [5.74, 6) is -0.244. The standard InChI is InChI=1S/C47H55N6O3P/c1-30(2)46(54)51-23-11-21-49-28-41-35-13-9-10-14-36(35)42(29-50-22-12-24-52-47(55)31(3)4)40-25-32(15-18-37(40)41)45-38-19-16-33(48-5)26-43(38)57(8,56)44-27-34(53(6)7)17-20-39(44)45/h9-10,13-20,25-27,49-50H,1,3,11-12,21-24,28-29H2,2,4-8H3,(H,51,54)(H,52,55)/b48-33+. The second-order valence-corrected chi connectivity index (χ2v) is 18.0. The van der Waals surface area contributed by atoms with E-state index in [1.165, 1.54) is 21.9 Å². The molecule has 6 rings (SSSR count). The average molecular weight is 783 g/mol. The van der Waals surface area contributed by atoms with Crippen LogP contribution in [0.15, 0.2) is 119 Å². The number of hydrogen-bond acceptors (Lipinski definition) is 7. The molecule has 1 atom stereocenters. The maximum Gasteiger partial charge on any atom is 0.246 e. The molecule has 1 aliphatic carbocycles. The molecule has 10 heteroatoms. The minimum absolute atomic E-state index is 0.120. The van der Waals surface area contributed by atoms with E-state index in [2.05, 4.69) is 111 Å². The zero-order valence-electron chi connectivity index (χ0n) is 34.1. The van der Waals surface area contributed by atoms with Crippen molar-refractivity contribution in [3.05, 3.63) is 136 Å². The molecule has 1 aliphatic heterocycles. The van der Waals surface area contributed by atoms with Crippen LogP contribution in [0.4, 0.5) is 5.69 Å². The lowest BCUT2D eigenvalue weighted by Gasteiger charge is -2.32. The highest BCUT2D eigenvalue weighted by molar-refractivity contribution is 7.75. The summed E-state index contributed by atoms with van der Waals surface area (Å²) in [6.45, 7) is 16.6. The number of hydrogen-bond donors (Lipinski definition) is 4. The van der Waals surface area contributed by atoms with Crippen LogP contribution in [0, 0.1) is 0 Å². The van der Waals surface area contributed by atoms with E-state index >= 15 is 0 Å². The van der Waals surface area contributed by atoms with E-state index in [-0.39, 0.29) is 11.8 Å². The van der Waals surface area contributed by atoms with Gasteiger partial charge in [0.1, 0.15) is 7.14 Å². The monoisotopic (exact) mass is 782 g/mol. The molecule has 1 unspecified atom stereocenters. The molecule has 296 valence electrons. The number of carbonyl (C=O) groups excluding carboxylic acids is 2. The Balaban J connectivity index is 1.46. The van der Waals surface area contributed by atoms with Gasteiger partial charge in [-0.3, -0.25) is 14.6 Å². The van der Waals surface area contributed by atoms with Gasteiger partial charge in [0.05, 0.1) is 5.71 Å². The number of carbonyl (C=O) groups is 2. The lowest BCUT2D eigenvalue weighted by molar-refractivity contribution is -0.118. The third-order valence-electron chi connectivity index (χ3n) is 10.7. The van der Waals surface area contributed by atoms with Crippen LogP contribution in [0.2, 0.25) is 0 Å². The Morgan fingerprint density at radius 1 is 0.754 bits per heavy atom. The summed E-state index contributed by atoms with van der Waals surface area (Å²) in [5, 5.41) is 19.5. The molecule has 4 aromatic rings. The Labute approximate surface area is 337 Å². The van der Waals surface area contributed by atoms with Gasteiger partial charge in [0, 0.05) is 74.8 Å². The lowest BCUT2D eigenvalue weighted by atomic mass is 9.86. The molecule has 4 aromatic carbocycles. The summed E-state index contributed by atoms with van der Waals surface area (Å²) in [6, 6.07) is 21.7. The maximum atomic E-state index is 14.9. The smallest absolute Gasteiger partial charge is 0.246 e. The van der Waals surface area contributed by atoms with E-state index < -0.39 is 7.14 Å². The normalized spacial score (nSPS) is 16.7. The summed E-state index contributed by atoms with van der Waals surface area (Å²) in [6.07, 6.45) is 7.65. The summed E-state index contributed by atoms with van der Waals surface area (Å²) in [5.41, 5.74) is 9.27. The zero-order valence-corrected chi connectivity index (χ0v) is 35.0. The first kappa shape index (κ1) is 41.3. The number of benzene rings is 4. The number of allylic oxidation sites excluding steroid dienone is 5. The van der Waals surface area contributed by atoms with Gasteiger partial charge in [-0.2, -0.15) is 0 Å². The Kier molecular flexibility index (Phi) is 12.9. The van der Waals surface area contributed by atoms with Crippen LogP contribution in [-0.4, -0.2) is 71.5 Å². The number of nitrogens with zero attached hydrogens (tertiary/aromatic N) is 2. The van der Waals surface area contributed by atoms with Crippen molar-refractivity contribution in [1.82, 2.24) is 21.3 Å².